The minimum Gasteiger partial charge on any atom is -0.294 e. The summed E-state index contributed by atoms with van der Waals surface area (Å²) in [5, 5.41) is 4.35. The number of carbonyl (C=O) groups excluding carboxylic acids is 2. The molecule has 0 aliphatic carbocycles. The van der Waals surface area contributed by atoms with Crippen LogP contribution in [0.25, 0.3) is 17.6 Å². The van der Waals surface area contributed by atoms with Crippen molar-refractivity contribution in [2.75, 3.05) is 19.6 Å². The Balaban J connectivity index is 1.49. The van der Waals surface area contributed by atoms with Crippen LogP contribution in [-0.4, -0.2) is 51.1 Å². The summed E-state index contributed by atoms with van der Waals surface area (Å²) in [6.45, 7) is 6.20. The first kappa shape index (κ1) is 19.8. The van der Waals surface area contributed by atoms with Crippen molar-refractivity contribution in [3.63, 3.8) is 0 Å². The molecular formula is C20H26N6O2. The van der Waals surface area contributed by atoms with Crippen molar-refractivity contribution >= 4 is 18.0 Å². The lowest BCUT2D eigenvalue weighted by Crippen LogP contribution is -2.46. The predicted octanol–water partition coefficient (Wildman–Crippen LogP) is 1.67. The molecule has 8 heteroatoms. The molecule has 2 heterocycles. The third-order valence-electron chi connectivity index (χ3n) is 4.51. The molecule has 0 radical (unpaired) electrons. The Hall–Kier alpha value is -3.00. The Kier molecular flexibility index (Phi) is 6.54. The van der Waals surface area contributed by atoms with E-state index in [0.29, 0.717) is 12.4 Å². The van der Waals surface area contributed by atoms with Crippen LogP contribution in [0, 0.1) is 13.8 Å². The zero-order valence-corrected chi connectivity index (χ0v) is 16.3. The molecule has 148 valence electrons. The third-order valence-corrected chi connectivity index (χ3v) is 4.51. The Morgan fingerprint density at radius 2 is 1.79 bits per heavy atom. The summed E-state index contributed by atoms with van der Waals surface area (Å²) in [5.74, 6) is -0.0661. The van der Waals surface area contributed by atoms with Gasteiger partial charge in [-0.1, -0.05) is 23.6 Å². The minimum atomic E-state index is -0.435. The summed E-state index contributed by atoms with van der Waals surface area (Å²) in [5.41, 5.74) is 8.03. The molecule has 28 heavy (non-hydrogen) atoms. The van der Waals surface area contributed by atoms with Gasteiger partial charge in [0.25, 0.3) is 11.8 Å². The molecule has 2 aromatic rings. The highest BCUT2D eigenvalue weighted by Crippen LogP contribution is 2.18. The van der Waals surface area contributed by atoms with Gasteiger partial charge in [0.2, 0.25) is 0 Å². The van der Waals surface area contributed by atoms with Crippen molar-refractivity contribution in [1.82, 2.24) is 30.5 Å². The maximum absolute atomic E-state index is 11.9. The van der Waals surface area contributed by atoms with E-state index in [2.05, 4.69) is 31.9 Å². The molecule has 0 unspecified atom stereocenters. The fourth-order valence-corrected chi connectivity index (χ4v) is 3.26. The number of carbonyl (C=O) groups is 2. The second-order valence-corrected chi connectivity index (χ2v) is 7.11. The number of amides is 2. The highest BCUT2D eigenvalue weighted by Gasteiger charge is 2.13. The Morgan fingerprint density at radius 3 is 2.50 bits per heavy atom. The summed E-state index contributed by atoms with van der Waals surface area (Å²) in [7, 11) is 0. The van der Waals surface area contributed by atoms with Crippen LogP contribution >= 0.6 is 0 Å². The molecule has 1 saturated heterocycles. The minimum absolute atomic E-state index is 0.221. The fraction of sp³-hybridized carbons (Fsp3) is 0.400. The van der Waals surface area contributed by atoms with Crippen molar-refractivity contribution in [1.29, 1.82) is 0 Å². The summed E-state index contributed by atoms with van der Waals surface area (Å²) >= 11 is 0. The molecule has 1 fully saturated rings. The fourth-order valence-electron chi connectivity index (χ4n) is 3.26. The SMILES string of the molecule is Cc1cc(C)cc(-c2ncn(/C=C\C(=O)NNC(=O)CN3CCCCC3)n2)c1. The van der Waals surface area contributed by atoms with E-state index in [4.69, 9.17) is 0 Å². The van der Waals surface area contributed by atoms with E-state index in [0.717, 1.165) is 42.6 Å². The van der Waals surface area contributed by atoms with Crippen LogP contribution in [0.5, 0.6) is 0 Å². The number of likely N-dealkylation sites (tertiary alicyclic amines) is 1. The van der Waals surface area contributed by atoms with Crippen LogP contribution < -0.4 is 10.9 Å². The molecule has 0 bridgehead atoms. The molecule has 2 N–H and O–H groups in total. The van der Waals surface area contributed by atoms with E-state index in [9.17, 15) is 9.59 Å². The molecule has 1 aromatic heterocycles. The van der Waals surface area contributed by atoms with Gasteiger partial charge >= 0.3 is 0 Å². The third kappa shape index (κ3) is 5.75. The maximum atomic E-state index is 11.9. The average molecular weight is 382 g/mol. The second-order valence-electron chi connectivity index (χ2n) is 7.11. The maximum Gasteiger partial charge on any atom is 0.263 e. The van der Waals surface area contributed by atoms with E-state index in [1.165, 1.54) is 29.7 Å². The Bertz CT molecular complexity index is 847. The van der Waals surface area contributed by atoms with Crippen LogP contribution in [0.15, 0.2) is 30.6 Å². The van der Waals surface area contributed by atoms with Gasteiger partial charge in [0, 0.05) is 17.8 Å². The molecule has 0 spiro atoms. The van der Waals surface area contributed by atoms with E-state index in [1.54, 1.807) is 0 Å². The lowest BCUT2D eigenvalue weighted by Gasteiger charge is -2.25. The van der Waals surface area contributed by atoms with Crippen molar-refractivity contribution < 1.29 is 9.59 Å². The number of rotatable bonds is 5. The van der Waals surface area contributed by atoms with Crippen LogP contribution in [0.2, 0.25) is 0 Å². The average Bonchev–Trinajstić information content (AvgIpc) is 3.14. The normalized spacial score (nSPS) is 14.9. The number of hydrogen-bond donors (Lipinski definition) is 2. The molecular weight excluding hydrogens is 356 g/mol. The van der Waals surface area contributed by atoms with Crippen molar-refractivity contribution in [2.24, 2.45) is 0 Å². The number of piperidine rings is 1. The molecule has 3 rings (SSSR count). The number of benzene rings is 1. The molecule has 0 atom stereocenters. The Morgan fingerprint density at radius 1 is 1.07 bits per heavy atom. The number of hydrogen-bond acceptors (Lipinski definition) is 5. The van der Waals surface area contributed by atoms with Gasteiger partial charge in [-0.05, 0) is 51.9 Å². The van der Waals surface area contributed by atoms with E-state index in [1.807, 2.05) is 26.0 Å². The predicted molar refractivity (Wildman–Crippen MR) is 107 cm³/mol. The first-order valence-corrected chi connectivity index (χ1v) is 9.49. The highest BCUT2D eigenvalue weighted by molar-refractivity contribution is 5.91. The van der Waals surface area contributed by atoms with Gasteiger partial charge < -0.3 is 0 Å². The van der Waals surface area contributed by atoms with E-state index < -0.39 is 5.91 Å². The largest absolute Gasteiger partial charge is 0.294 e. The van der Waals surface area contributed by atoms with Crippen LogP contribution in [0.4, 0.5) is 0 Å². The number of hydrazine groups is 1. The van der Waals surface area contributed by atoms with E-state index >= 15 is 0 Å². The number of nitrogens with zero attached hydrogens (tertiary/aromatic N) is 4. The molecule has 2 amide bonds. The van der Waals surface area contributed by atoms with Gasteiger partial charge in [-0.2, -0.15) is 0 Å². The van der Waals surface area contributed by atoms with Crippen molar-refractivity contribution in [3.8, 4) is 11.4 Å². The summed E-state index contributed by atoms with van der Waals surface area (Å²) in [4.78, 5) is 30.1. The molecule has 1 aromatic carbocycles. The quantitative estimate of drug-likeness (QED) is 0.606. The molecule has 0 saturated carbocycles. The monoisotopic (exact) mass is 382 g/mol. The van der Waals surface area contributed by atoms with Gasteiger partial charge in [-0.15, -0.1) is 5.10 Å². The number of aryl methyl sites for hydroxylation is 2. The Labute approximate surface area is 164 Å². The van der Waals surface area contributed by atoms with Crippen LogP contribution in [0.1, 0.15) is 30.4 Å². The standard InChI is InChI=1S/C20H26N6O2/c1-15-10-16(2)12-17(11-15)20-21-14-26(24-20)9-6-18(27)22-23-19(28)13-25-7-4-3-5-8-25/h6,9-12,14H,3-5,7-8,13H2,1-2H3,(H,22,27)(H,23,28)/b9-6-. The van der Waals surface area contributed by atoms with E-state index in [-0.39, 0.29) is 5.91 Å². The molecule has 1 aliphatic heterocycles. The molecule has 8 nitrogen and oxygen atoms in total. The first-order valence-electron chi connectivity index (χ1n) is 9.49. The lowest BCUT2D eigenvalue weighted by atomic mass is 10.1. The number of nitrogens with one attached hydrogen (secondary N) is 2. The van der Waals surface area contributed by atoms with Gasteiger partial charge in [0.1, 0.15) is 6.33 Å². The smallest absolute Gasteiger partial charge is 0.263 e. The van der Waals surface area contributed by atoms with Crippen molar-refractivity contribution in [2.45, 2.75) is 33.1 Å². The zero-order valence-electron chi connectivity index (χ0n) is 16.3. The van der Waals surface area contributed by atoms with Gasteiger partial charge in [0.05, 0.1) is 6.54 Å². The molecule has 1 aliphatic rings. The zero-order chi connectivity index (χ0) is 19.9. The first-order chi connectivity index (χ1) is 13.5. The van der Waals surface area contributed by atoms with Crippen LogP contribution in [0.3, 0.4) is 0 Å². The number of aromatic nitrogens is 3. The van der Waals surface area contributed by atoms with Gasteiger partial charge in [-0.25, -0.2) is 9.67 Å². The summed E-state index contributed by atoms with van der Waals surface area (Å²) < 4.78 is 1.46. The topological polar surface area (TPSA) is 92.2 Å². The van der Waals surface area contributed by atoms with Gasteiger partial charge in [0.15, 0.2) is 5.82 Å². The summed E-state index contributed by atoms with van der Waals surface area (Å²) in [6.07, 6.45) is 7.76. The van der Waals surface area contributed by atoms with Crippen molar-refractivity contribution in [3.05, 3.63) is 41.7 Å². The second kappa shape index (κ2) is 9.27. The van der Waals surface area contributed by atoms with Gasteiger partial charge in [-0.3, -0.25) is 25.3 Å². The summed E-state index contributed by atoms with van der Waals surface area (Å²) in [6, 6.07) is 6.12. The van der Waals surface area contributed by atoms with Crippen LogP contribution in [-0.2, 0) is 9.59 Å². The highest BCUT2D eigenvalue weighted by atomic mass is 16.2. The lowest BCUT2D eigenvalue weighted by molar-refractivity contribution is -0.127.